The number of carbonyl (C=O) groups is 1. The number of nitrogen functional groups attached to an aromatic ring is 1. The van der Waals surface area contributed by atoms with E-state index in [1.165, 1.54) is 12.4 Å². The summed E-state index contributed by atoms with van der Waals surface area (Å²) in [7, 11) is 0. The lowest BCUT2D eigenvalue weighted by Gasteiger charge is -2.07. The molecule has 1 heterocycles. The lowest BCUT2D eigenvalue weighted by Crippen LogP contribution is -2.16. The number of hydrogen-bond acceptors (Lipinski definition) is 6. The van der Waals surface area contributed by atoms with Crippen LogP contribution >= 0.6 is 15.9 Å². The van der Waals surface area contributed by atoms with Crippen molar-refractivity contribution in [2.45, 2.75) is 0 Å². The van der Waals surface area contributed by atoms with E-state index in [4.69, 9.17) is 11.1 Å². The third-order valence-corrected chi connectivity index (χ3v) is 3.03. The van der Waals surface area contributed by atoms with Crippen molar-refractivity contribution in [3.8, 4) is 6.07 Å². The zero-order chi connectivity index (χ0) is 14.5. The molecule has 0 aliphatic carbocycles. The van der Waals surface area contributed by atoms with Crippen LogP contribution in [-0.2, 0) is 0 Å². The maximum absolute atomic E-state index is 12.0. The lowest BCUT2D eigenvalue weighted by atomic mass is 10.2. The molecule has 0 aliphatic rings. The molecule has 20 heavy (non-hydrogen) atoms. The number of amides is 1. The fourth-order valence-electron chi connectivity index (χ4n) is 1.39. The third kappa shape index (κ3) is 3.09. The zero-order valence-electron chi connectivity index (χ0n) is 10.1. The summed E-state index contributed by atoms with van der Waals surface area (Å²) in [6.45, 7) is 0. The molecule has 0 atom stereocenters. The molecule has 0 spiro atoms. The van der Waals surface area contributed by atoms with Crippen LogP contribution in [0.3, 0.4) is 0 Å². The largest absolute Gasteiger partial charge is 0.320 e. The summed E-state index contributed by atoms with van der Waals surface area (Å²) < 4.78 is 0.609. The summed E-state index contributed by atoms with van der Waals surface area (Å²) >= 11 is 3.28. The van der Waals surface area contributed by atoms with Crippen LogP contribution in [0.2, 0.25) is 0 Å². The number of nitrogens with two attached hydrogens (primary N) is 1. The number of halogens is 1. The minimum atomic E-state index is -0.411. The number of rotatable bonds is 3. The van der Waals surface area contributed by atoms with E-state index in [0.29, 0.717) is 21.5 Å². The average Bonchev–Trinajstić information content (AvgIpc) is 2.49. The van der Waals surface area contributed by atoms with Crippen molar-refractivity contribution in [3.05, 3.63) is 46.3 Å². The fraction of sp³-hybridized carbons (Fsp3) is 0. The molecule has 0 bridgehead atoms. The molecular weight excluding hydrogens is 324 g/mol. The maximum atomic E-state index is 12.0. The van der Waals surface area contributed by atoms with E-state index in [1.807, 2.05) is 6.07 Å². The lowest BCUT2D eigenvalue weighted by molar-refractivity contribution is 0.102. The highest BCUT2D eigenvalue weighted by atomic mass is 79.9. The van der Waals surface area contributed by atoms with Crippen LogP contribution in [0.4, 0.5) is 11.5 Å². The molecular formula is C12H9BrN6O. The SMILES string of the molecule is N#Cc1ccc(NC(=O)c2cnc(NN)cn2)c(Br)c1. The number of carbonyl (C=O) groups excluding carboxylic acids is 1. The Morgan fingerprint density at radius 3 is 2.70 bits per heavy atom. The van der Waals surface area contributed by atoms with Crippen molar-refractivity contribution in [1.82, 2.24) is 9.97 Å². The molecule has 0 saturated carbocycles. The molecule has 7 nitrogen and oxygen atoms in total. The van der Waals surface area contributed by atoms with E-state index in [1.54, 1.807) is 18.2 Å². The molecule has 4 N–H and O–H groups in total. The Bertz CT molecular complexity index is 679. The molecule has 1 amide bonds. The van der Waals surface area contributed by atoms with Crippen LogP contribution in [0.15, 0.2) is 35.1 Å². The number of nitrogens with zero attached hydrogens (tertiary/aromatic N) is 3. The van der Waals surface area contributed by atoms with Crippen LogP contribution in [0.25, 0.3) is 0 Å². The number of benzene rings is 1. The molecule has 1 aromatic heterocycles. The second-order valence-electron chi connectivity index (χ2n) is 3.69. The van der Waals surface area contributed by atoms with Gasteiger partial charge in [-0.25, -0.2) is 15.8 Å². The van der Waals surface area contributed by atoms with Gasteiger partial charge >= 0.3 is 0 Å². The first-order valence-corrected chi connectivity index (χ1v) is 6.23. The van der Waals surface area contributed by atoms with E-state index in [0.717, 1.165) is 0 Å². The molecule has 0 aliphatic heterocycles. The van der Waals surface area contributed by atoms with Gasteiger partial charge in [0.25, 0.3) is 5.91 Å². The Balaban J connectivity index is 2.17. The van der Waals surface area contributed by atoms with Gasteiger partial charge in [0, 0.05) is 4.47 Å². The number of aromatic nitrogens is 2. The topological polar surface area (TPSA) is 117 Å². The van der Waals surface area contributed by atoms with Crippen molar-refractivity contribution in [2.75, 3.05) is 10.7 Å². The first-order valence-electron chi connectivity index (χ1n) is 5.43. The van der Waals surface area contributed by atoms with Gasteiger partial charge in [0.05, 0.1) is 29.7 Å². The highest BCUT2D eigenvalue weighted by Crippen LogP contribution is 2.23. The van der Waals surface area contributed by atoms with Gasteiger partial charge in [0.15, 0.2) is 5.82 Å². The number of hydrogen-bond donors (Lipinski definition) is 3. The number of nitriles is 1. The summed E-state index contributed by atoms with van der Waals surface area (Å²) in [5.41, 5.74) is 3.51. The first kappa shape index (κ1) is 13.9. The minimum absolute atomic E-state index is 0.153. The van der Waals surface area contributed by atoms with Gasteiger partial charge in [-0.3, -0.25) is 4.79 Å². The Morgan fingerprint density at radius 1 is 1.35 bits per heavy atom. The van der Waals surface area contributed by atoms with Gasteiger partial charge < -0.3 is 10.7 Å². The fourth-order valence-corrected chi connectivity index (χ4v) is 1.87. The Labute approximate surface area is 122 Å². The summed E-state index contributed by atoms with van der Waals surface area (Å²) in [4.78, 5) is 19.8. The third-order valence-electron chi connectivity index (χ3n) is 2.38. The molecule has 0 saturated heterocycles. The monoisotopic (exact) mass is 332 g/mol. The van der Waals surface area contributed by atoms with E-state index in [-0.39, 0.29) is 5.69 Å². The van der Waals surface area contributed by atoms with Gasteiger partial charge in [0.2, 0.25) is 0 Å². The van der Waals surface area contributed by atoms with Crippen molar-refractivity contribution in [1.29, 1.82) is 5.26 Å². The number of nitrogens with one attached hydrogen (secondary N) is 2. The van der Waals surface area contributed by atoms with Crippen molar-refractivity contribution in [2.24, 2.45) is 5.84 Å². The van der Waals surface area contributed by atoms with E-state index < -0.39 is 5.91 Å². The van der Waals surface area contributed by atoms with Gasteiger partial charge in [0.1, 0.15) is 5.69 Å². The summed E-state index contributed by atoms with van der Waals surface area (Å²) in [5, 5.41) is 11.4. The number of anilines is 2. The first-order chi connectivity index (χ1) is 9.63. The second kappa shape index (κ2) is 6.10. The maximum Gasteiger partial charge on any atom is 0.275 e. The Hall–Kier alpha value is -2.50. The van der Waals surface area contributed by atoms with E-state index in [2.05, 4.69) is 36.6 Å². The summed E-state index contributed by atoms with van der Waals surface area (Å²) in [5.74, 6) is 5.11. The average molecular weight is 333 g/mol. The van der Waals surface area contributed by atoms with Gasteiger partial charge in [-0.1, -0.05) is 0 Å². The smallest absolute Gasteiger partial charge is 0.275 e. The van der Waals surface area contributed by atoms with Crippen LogP contribution in [0.5, 0.6) is 0 Å². The van der Waals surface area contributed by atoms with Crippen molar-refractivity contribution in [3.63, 3.8) is 0 Å². The molecule has 0 fully saturated rings. The van der Waals surface area contributed by atoms with Crippen LogP contribution in [0.1, 0.15) is 16.1 Å². The highest BCUT2D eigenvalue weighted by molar-refractivity contribution is 9.10. The summed E-state index contributed by atoms with van der Waals surface area (Å²) in [6, 6.07) is 6.86. The second-order valence-corrected chi connectivity index (χ2v) is 4.55. The molecule has 2 aromatic rings. The molecule has 1 aromatic carbocycles. The van der Waals surface area contributed by atoms with Crippen molar-refractivity contribution < 1.29 is 4.79 Å². The zero-order valence-corrected chi connectivity index (χ0v) is 11.7. The van der Waals surface area contributed by atoms with Crippen molar-refractivity contribution >= 4 is 33.3 Å². The number of hydrazine groups is 1. The Morgan fingerprint density at radius 2 is 2.15 bits per heavy atom. The van der Waals surface area contributed by atoms with E-state index >= 15 is 0 Å². The standard InChI is InChI=1S/C12H9BrN6O/c13-8-3-7(4-14)1-2-9(8)18-12(20)10-5-17-11(19-15)6-16-10/h1-3,5-6H,15H2,(H,17,19)(H,18,20). The van der Waals surface area contributed by atoms with E-state index in [9.17, 15) is 4.79 Å². The predicted molar refractivity (Wildman–Crippen MR) is 76.7 cm³/mol. The molecule has 2 rings (SSSR count). The molecule has 8 heteroatoms. The summed E-state index contributed by atoms with van der Waals surface area (Å²) in [6.07, 6.45) is 2.66. The Kier molecular flexibility index (Phi) is 4.24. The molecule has 100 valence electrons. The van der Waals surface area contributed by atoms with Crippen LogP contribution in [-0.4, -0.2) is 15.9 Å². The van der Waals surface area contributed by atoms with Gasteiger partial charge in [-0.05, 0) is 34.1 Å². The van der Waals surface area contributed by atoms with Gasteiger partial charge in [-0.2, -0.15) is 5.26 Å². The quantitative estimate of drug-likeness (QED) is 0.581. The van der Waals surface area contributed by atoms with Gasteiger partial charge in [-0.15, -0.1) is 0 Å². The molecule has 0 radical (unpaired) electrons. The van der Waals surface area contributed by atoms with Crippen LogP contribution < -0.4 is 16.6 Å². The van der Waals surface area contributed by atoms with Crippen LogP contribution in [0, 0.1) is 11.3 Å². The molecule has 0 unspecified atom stereocenters. The predicted octanol–water partition coefficient (Wildman–Crippen LogP) is 1.65. The highest BCUT2D eigenvalue weighted by Gasteiger charge is 2.10. The minimum Gasteiger partial charge on any atom is -0.320 e. The normalized spacial score (nSPS) is 9.65.